The molecule has 0 bridgehead atoms. The number of amides is 1. The smallest absolute Gasteiger partial charge is 0.260 e. The lowest BCUT2D eigenvalue weighted by molar-refractivity contribution is -0.122. The molecular formula is C15H18N4O2. The maximum atomic E-state index is 12.2. The molecule has 1 amide bonds. The number of fused-ring (bicyclic) bond motifs is 1. The van der Waals surface area contributed by atoms with Gasteiger partial charge in [-0.3, -0.25) is 14.6 Å². The number of carbonyl (C=O) groups excluding carboxylic acids is 1. The third-order valence-electron chi connectivity index (χ3n) is 4.16. The molecule has 0 radical (unpaired) electrons. The molecule has 2 aromatic rings. The molecule has 1 saturated heterocycles. The van der Waals surface area contributed by atoms with Gasteiger partial charge in [-0.25, -0.2) is 4.98 Å². The number of hydrogen-bond acceptors (Lipinski definition) is 4. The van der Waals surface area contributed by atoms with Gasteiger partial charge in [0.05, 0.1) is 16.8 Å². The Bertz CT molecular complexity index is 740. The minimum Gasteiger partial charge on any atom is -0.369 e. The van der Waals surface area contributed by atoms with E-state index in [0.717, 1.165) is 12.8 Å². The van der Waals surface area contributed by atoms with Crippen LogP contribution in [-0.4, -0.2) is 28.5 Å². The van der Waals surface area contributed by atoms with Crippen LogP contribution < -0.4 is 16.2 Å². The molecule has 1 aliphatic heterocycles. The van der Waals surface area contributed by atoms with Crippen molar-refractivity contribution >= 4 is 22.8 Å². The zero-order valence-electron chi connectivity index (χ0n) is 11.9. The predicted molar refractivity (Wildman–Crippen MR) is 81.1 cm³/mol. The van der Waals surface area contributed by atoms with Gasteiger partial charge in [0.2, 0.25) is 11.9 Å². The molecular weight excluding hydrogens is 268 g/mol. The second-order valence-corrected chi connectivity index (χ2v) is 5.58. The Balaban J connectivity index is 2.02. The summed E-state index contributed by atoms with van der Waals surface area (Å²) in [7, 11) is 0. The zero-order chi connectivity index (χ0) is 15.0. The summed E-state index contributed by atoms with van der Waals surface area (Å²) in [6, 6.07) is 7.44. The molecule has 0 saturated carbocycles. The summed E-state index contributed by atoms with van der Waals surface area (Å²) in [6.07, 6.45) is 1.63. The number of nitrogens with two attached hydrogens (primary N) is 1. The summed E-state index contributed by atoms with van der Waals surface area (Å²) in [6.45, 7) is 2.56. The molecule has 3 rings (SSSR count). The number of benzene rings is 1. The third-order valence-corrected chi connectivity index (χ3v) is 4.16. The first-order valence-electron chi connectivity index (χ1n) is 7.11. The maximum Gasteiger partial charge on any atom is 0.260 e. The van der Waals surface area contributed by atoms with Gasteiger partial charge in [0.1, 0.15) is 0 Å². The van der Waals surface area contributed by atoms with E-state index >= 15 is 0 Å². The van der Waals surface area contributed by atoms with Crippen LogP contribution in [0.15, 0.2) is 29.1 Å². The van der Waals surface area contributed by atoms with Crippen LogP contribution in [-0.2, 0) is 4.79 Å². The SMILES string of the molecule is CC1CCC(C(N)=O)CN1c1nc2ccccc2c(=O)[nH]1. The van der Waals surface area contributed by atoms with Crippen LogP contribution >= 0.6 is 0 Å². The van der Waals surface area contributed by atoms with Crippen molar-refractivity contribution in [3.63, 3.8) is 0 Å². The third kappa shape index (κ3) is 2.49. The van der Waals surface area contributed by atoms with E-state index in [0.29, 0.717) is 23.4 Å². The fraction of sp³-hybridized carbons (Fsp3) is 0.400. The molecule has 6 heteroatoms. The summed E-state index contributed by atoms with van der Waals surface area (Å²) in [5.74, 6) is 0.0187. The Morgan fingerprint density at radius 1 is 1.38 bits per heavy atom. The van der Waals surface area contributed by atoms with Gasteiger partial charge in [-0.15, -0.1) is 0 Å². The molecule has 6 nitrogen and oxygen atoms in total. The summed E-state index contributed by atoms with van der Waals surface area (Å²) in [5.41, 5.74) is 5.91. The standard InChI is InChI=1S/C15H18N4O2/c1-9-6-7-10(13(16)20)8-19(9)15-17-12-5-3-2-4-11(12)14(21)18-15/h2-5,9-10H,6-8H2,1H3,(H2,16,20)(H,17,18,21). The van der Waals surface area contributed by atoms with Gasteiger partial charge < -0.3 is 10.6 Å². The van der Waals surface area contributed by atoms with Gasteiger partial charge >= 0.3 is 0 Å². The lowest BCUT2D eigenvalue weighted by Gasteiger charge is -2.37. The number of anilines is 1. The van der Waals surface area contributed by atoms with Crippen molar-refractivity contribution in [2.24, 2.45) is 11.7 Å². The highest BCUT2D eigenvalue weighted by Gasteiger charge is 2.30. The monoisotopic (exact) mass is 286 g/mol. The van der Waals surface area contributed by atoms with E-state index in [9.17, 15) is 9.59 Å². The molecule has 1 fully saturated rings. The van der Waals surface area contributed by atoms with Crippen LogP contribution in [0.3, 0.4) is 0 Å². The summed E-state index contributed by atoms with van der Waals surface area (Å²) in [4.78, 5) is 32.9. The van der Waals surface area contributed by atoms with Crippen molar-refractivity contribution in [3.05, 3.63) is 34.6 Å². The fourth-order valence-corrected chi connectivity index (χ4v) is 2.84. The highest BCUT2D eigenvalue weighted by molar-refractivity contribution is 5.79. The Hall–Kier alpha value is -2.37. The molecule has 3 N–H and O–H groups in total. The van der Waals surface area contributed by atoms with Crippen LogP contribution in [0.4, 0.5) is 5.95 Å². The van der Waals surface area contributed by atoms with Crippen LogP contribution in [0.1, 0.15) is 19.8 Å². The molecule has 2 heterocycles. The Morgan fingerprint density at radius 3 is 2.90 bits per heavy atom. The van der Waals surface area contributed by atoms with E-state index in [2.05, 4.69) is 16.9 Å². The van der Waals surface area contributed by atoms with Gasteiger partial charge in [0.15, 0.2) is 0 Å². The maximum absolute atomic E-state index is 12.2. The topological polar surface area (TPSA) is 92.1 Å². The molecule has 1 aromatic carbocycles. The quantitative estimate of drug-likeness (QED) is 0.862. The average molecular weight is 286 g/mol. The predicted octanol–water partition coefficient (Wildman–Crippen LogP) is 1.01. The van der Waals surface area contributed by atoms with Crippen molar-refractivity contribution in [1.29, 1.82) is 0 Å². The van der Waals surface area contributed by atoms with Gasteiger partial charge in [0.25, 0.3) is 5.56 Å². The molecule has 1 aromatic heterocycles. The first-order chi connectivity index (χ1) is 10.1. The van der Waals surface area contributed by atoms with Crippen LogP contribution in [0.25, 0.3) is 10.9 Å². The number of aromatic amines is 1. The number of hydrogen-bond donors (Lipinski definition) is 2. The molecule has 0 spiro atoms. The largest absolute Gasteiger partial charge is 0.369 e. The molecule has 2 atom stereocenters. The number of primary amides is 1. The van der Waals surface area contributed by atoms with E-state index in [-0.39, 0.29) is 23.4 Å². The fourth-order valence-electron chi connectivity index (χ4n) is 2.84. The second kappa shape index (κ2) is 5.20. The molecule has 1 aliphatic rings. The van der Waals surface area contributed by atoms with E-state index in [1.807, 2.05) is 23.1 Å². The number of carbonyl (C=O) groups is 1. The van der Waals surface area contributed by atoms with Gasteiger partial charge in [-0.2, -0.15) is 0 Å². The van der Waals surface area contributed by atoms with Crippen LogP contribution in [0, 0.1) is 5.92 Å². The van der Waals surface area contributed by atoms with Crippen molar-refractivity contribution < 1.29 is 4.79 Å². The molecule has 21 heavy (non-hydrogen) atoms. The first kappa shape index (κ1) is 13.6. The highest BCUT2D eigenvalue weighted by Crippen LogP contribution is 2.25. The number of para-hydroxylation sites is 1. The zero-order valence-corrected chi connectivity index (χ0v) is 11.9. The summed E-state index contributed by atoms with van der Waals surface area (Å²) < 4.78 is 0. The van der Waals surface area contributed by atoms with Gasteiger partial charge in [-0.1, -0.05) is 12.1 Å². The van der Waals surface area contributed by atoms with Crippen molar-refractivity contribution in [3.8, 4) is 0 Å². The van der Waals surface area contributed by atoms with E-state index < -0.39 is 0 Å². The second-order valence-electron chi connectivity index (χ2n) is 5.58. The first-order valence-corrected chi connectivity index (χ1v) is 7.11. The summed E-state index contributed by atoms with van der Waals surface area (Å²) >= 11 is 0. The van der Waals surface area contributed by atoms with Crippen molar-refractivity contribution in [1.82, 2.24) is 9.97 Å². The summed E-state index contributed by atoms with van der Waals surface area (Å²) in [5, 5.41) is 0.567. The average Bonchev–Trinajstić information content (AvgIpc) is 2.47. The van der Waals surface area contributed by atoms with E-state index in [4.69, 9.17) is 5.73 Å². The number of aromatic nitrogens is 2. The lowest BCUT2D eigenvalue weighted by Crippen LogP contribution is -2.47. The van der Waals surface area contributed by atoms with Crippen LogP contribution in [0.5, 0.6) is 0 Å². The Morgan fingerprint density at radius 2 is 2.14 bits per heavy atom. The number of nitrogens with one attached hydrogen (secondary N) is 1. The minimum absolute atomic E-state index is 0.163. The minimum atomic E-state index is -0.296. The number of H-pyrrole nitrogens is 1. The molecule has 110 valence electrons. The normalized spacial score (nSPS) is 22.4. The Kier molecular flexibility index (Phi) is 3.37. The van der Waals surface area contributed by atoms with E-state index in [1.165, 1.54) is 0 Å². The van der Waals surface area contributed by atoms with Crippen molar-refractivity contribution in [2.75, 3.05) is 11.4 Å². The molecule has 0 aliphatic carbocycles. The van der Waals surface area contributed by atoms with Crippen molar-refractivity contribution in [2.45, 2.75) is 25.8 Å². The number of rotatable bonds is 2. The number of piperidine rings is 1. The van der Waals surface area contributed by atoms with Gasteiger partial charge in [0, 0.05) is 12.6 Å². The van der Waals surface area contributed by atoms with Gasteiger partial charge in [-0.05, 0) is 31.9 Å². The number of nitrogens with zero attached hydrogens (tertiary/aromatic N) is 2. The Labute approximate surface area is 122 Å². The lowest BCUT2D eigenvalue weighted by atomic mass is 9.93. The van der Waals surface area contributed by atoms with E-state index in [1.54, 1.807) is 6.07 Å². The molecule has 2 unspecified atom stereocenters. The highest BCUT2D eigenvalue weighted by atomic mass is 16.1. The van der Waals surface area contributed by atoms with Crippen LogP contribution in [0.2, 0.25) is 0 Å².